The summed E-state index contributed by atoms with van der Waals surface area (Å²) in [5.41, 5.74) is 7.45. The van der Waals surface area contributed by atoms with Crippen LogP contribution in [0.4, 0.5) is 0 Å². The van der Waals surface area contributed by atoms with Crippen LogP contribution < -0.4 is 11.2 Å². The Balaban J connectivity index is 0.000000302. The summed E-state index contributed by atoms with van der Waals surface area (Å²) in [6, 6.07) is 8.78. The zero-order valence-electron chi connectivity index (χ0n) is 9.04. The average molecular weight is 255 g/mol. The van der Waals surface area contributed by atoms with Crippen molar-refractivity contribution >= 4 is 16.4 Å². The van der Waals surface area contributed by atoms with Gasteiger partial charge in [0.15, 0.2) is 0 Å². The minimum Gasteiger partial charge on any atom is -0.328 e. The first-order valence-corrected chi connectivity index (χ1v) is 6.04. The molecule has 1 aromatic rings. The third-order valence-electron chi connectivity index (χ3n) is 1.88. The highest BCUT2D eigenvalue weighted by molar-refractivity contribution is 7.61. The molecule has 0 bridgehead atoms. The number of amides is 1. The van der Waals surface area contributed by atoms with E-state index in [1.165, 1.54) is 12.8 Å². The van der Waals surface area contributed by atoms with E-state index in [9.17, 15) is 13.2 Å². The Kier molecular flexibility index (Phi) is 5.31. The van der Waals surface area contributed by atoms with Crippen molar-refractivity contribution in [1.29, 1.82) is 0 Å². The highest BCUT2D eigenvalue weighted by atomic mass is 32.2. The second-order valence-electron chi connectivity index (χ2n) is 3.45. The molecule has 1 aliphatic rings. The molecule has 92 valence electrons. The Morgan fingerprint density at radius 3 is 2.24 bits per heavy atom. The predicted molar refractivity (Wildman–Crippen MR) is 62.5 cm³/mol. The summed E-state index contributed by atoms with van der Waals surface area (Å²) in [7, 11) is -2.62. The molecular formula is C10H13N3O3S. The third-order valence-corrected chi connectivity index (χ3v) is 2.12. The van der Waals surface area contributed by atoms with Gasteiger partial charge in [-0.1, -0.05) is 22.7 Å². The first-order chi connectivity index (χ1) is 8.09. The normalized spacial score (nSPS) is 13.0. The van der Waals surface area contributed by atoms with E-state index in [0.717, 1.165) is 0 Å². The molecule has 0 unspecified atom stereocenters. The van der Waals surface area contributed by atoms with Gasteiger partial charge in [0, 0.05) is 11.6 Å². The maximum atomic E-state index is 11.1. The topological polar surface area (TPSA) is 102 Å². The van der Waals surface area contributed by atoms with Crippen molar-refractivity contribution in [3.05, 3.63) is 35.9 Å². The molecule has 17 heavy (non-hydrogen) atoms. The van der Waals surface area contributed by atoms with Crippen molar-refractivity contribution in [1.82, 2.24) is 5.43 Å². The number of nitrogens with one attached hydrogen (secondary N) is 1. The first kappa shape index (κ1) is 13.3. The Morgan fingerprint density at radius 2 is 1.82 bits per heavy atom. The van der Waals surface area contributed by atoms with E-state index < -0.39 is 16.4 Å². The molecular weight excluding hydrogens is 242 g/mol. The monoisotopic (exact) mass is 255 g/mol. The number of nitrogens with two attached hydrogens (primary N) is 1. The Labute approximate surface area is 101 Å². The fourth-order valence-electron chi connectivity index (χ4n) is 0.829. The van der Waals surface area contributed by atoms with E-state index in [-0.39, 0.29) is 0 Å². The number of hydrogen-bond donors (Lipinski definition) is 2. The number of benzene rings is 1. The van der Waals surface area contributed by atoms with Crippen LogP contribution >= 0.6 is 0 Å². The summed E-state index contributed by atoms with van der Waals surface area (Å²) in [6.45, 7) is 0. The van der Waals surface area contributed by atoms with Gasteiger partial charge in [-0.25, -0.2) is 5.43 Å². The highest BCUT2D eigenvalue weighted by Crippen LogP contribution is 2.13. The molecule has 0 heterocycles. The number of carbonyl (C=O) groups is 1. The molecule has 6 nitrogen and oxygen atoms in total. The van der Waals surface area contributed by atoms with Crippen molar-refractivity contribution in [2.75, 3.05) is 0 Å². The van der Waals surface area contributed by atoms with Gasteiger partial charge in [-0.3, -0.25) is 4.79 Å². The molecule has 2 rings (SSSR count). The number of nitrogens with zero attached hydrogens (tertiary/aromatic N) is 1. The van der Waals surface area contributed by atoms with Crippen LogP contribution in [-0.2, 0) is 10.5 Å². The smallest absolute Gasteiger partial charge is 0.328 e. The van der Waals surface area contributed by atoms with Crippen LogP contribution in [0.25, 0.3) is 0 Å². The van der Waals surface area contributed by atoms with Gasteiger partial charge in [0.1, 0.15) is 0 Å². The standard InChI is InChI=1S/C7H6N2O3S.C3H7N/c10-7(8-9-13(11)12)6-4-2-1-3-5-6;4-3-1-2-3/h1-5H,(H,8,10);3H,1-2,4H2. The minimum absolute atomic E-state index is 0.358. The lowest BCUT2D eigenvalue weighted by molar-refractivity contribution is 0.0955. The maximum absolute atomic E-state index is 11.1. The van der Waals surface area contributed by atoms with Crippen molar-refractivity contribution < 1.29 is 13.2 Å². The predicted octanol–water partition coefficient (Wildman–Crippen LogP) is 0.502. The summed E-state index contributed by atoms with van der Waals surface area (Å²) in [6.07, 6.45) is 2.53. The molecule has 0 aromatic heterocycles. The van der Waals surface area contributed by atoms with Crippen LogP contribution in [0.2, 0.25) is 0 Å². The maximum Gasteiger partial charge on any atom is 0.332 e. The van der Waals surface area contributed by atoms with Gasteiger partial charge in [-0.2, -0.15) is 8.42 Å². The highest BCUT2D eigenvalue weighted by Gasteiger charge is 2.13. The van der Waals surface area contributed by atoms with E-state index >= 15 is 0 Å². The molecule has 1 amide bonds. The molecule has 0 atom stereocenters. The van der Waals surface area contributed by atoms with Gasteiger partial charge in [-0.15, -0.1) is 0 Å². The lowest BCUT2D eigenvalue weighted by atomic mass is 10.2. The summed E-state index contributed by atoms with van der Waals surface area (Å²) >= 11 is 0. The largest absolute Gasteiger partial charge is 0.332 e. The number of carbonyl (C=O) groups excluding carboxylic acids is 1. The fraction of sp³-hybridized carbons (Fsp3) is 0.300. The molecule has 0 radical (unpaired) electrons. The van der Waals surface area contributed by atoms with Crippen molar-refractivity contribution in [3.63, 3.8) is 0 Å². The fourth-order valence-corrected chi connectivity index (χ4v) is 0.986. The Hall–Kier alpha value is -1.73. The van der Waals surface area contributed by atoms with Gasteiger partial charge < -0.3 is 5.73 Å². The van der Waals surface area contributed by atoms with Crippen LogP contribution in [0.1, 0.15) is 23.2 Å². The molecule has 1 aliphatic carbocycles. The van der Waals surface area contributed by atoms with Gasteiger partial charge in [-0.05, 0) is 25.0 Å². The summed E-state index contributed by atoms with van der Waals surface area (Å²) in [5, 5.41) is 0. The SMILES string of the molecule is NC1CC1.O=C(NN=S(=O)=O)c1ccccc1. The molecule has 0 spiro atoms. The summed E-state index contributed by atoms with van der Waals surface area (Å²) in [4.78, 5) is 11.1. The van der Waals surface area contributed by atoms with Crippen LogP contribution in [0.5, 0.6) is 0 Å². The number of rotatable bonds is 2. The Bertz CT molecular complexity index is 487. The van der Waals surface area contributed by atoms with Crippen LogP contribution in [-0.4, -0.2) is 20.4 Å². The van der Waals surface area contributed by atoms with E-state index in [0.29, 0.717) is 11.6 Å². The Morgan fingerprint density at radius 1 is 1.29 bits per heavy atom. The molecule has 0 saturated heterocycles. The zero-order chi connectivity index (χ0) is 12.7. The molecule has 7 heteroatoms. The first-order valence-electron chi connectivity index (χ1n) is 5.00. The van der Waals surface area contributed by atoms with E-state index in [4.69, 9.17) is 5.73 Å². The third kappa shape index (κ3) is 6.44. The van der Waals surface area contributed by atoms with Crippen LogP contribution in [0.15, 0.2) is 34.8 Å². The van der Waals surface area contributed by atoms with Gasteiger partial charge in [0.05, 0.1) is 0 Å². The molecule has 1 fully saturated rings. The van der Waals surface area contributed by atoms with E-state index in [1.54, 1.807) is 30.3 Å². The van der Waals surface area contributed by atoms with Gasteiger partial charge in [0.25, 0.3) is 5.91 Å². The van der Waals surface area contributed by atoms with Crippen LogP contribution in [0, 0.1) is 0 Å². The average Bonchev–Trinajstić information content (AvgIpc) is 3.10. The van der Waals surface area contributed by atoms with Gasteiger partial charge >= 0.3 is 10.5 Å². The quantitative estimate of drug-likeness (QED) is 0.751. The molecule has 0 aliphatic heterocycles. The lowest BCUT2D eigenvalue weighted by Crippen LogP contribution is -2.16. The van der Waals surface area contributed by atoms with E-state index in [1.807, 2.05) is 5.43 Å². The minimum atomic E-state index is -2.62. The number of hydrogen-bond acceptors (Lipinski definition) is 5. The van der Waals surface area contributed by atoms with E-state index in [2.05, 4.69) is 4.47 Å². The molecule has 1 saturated carbocycles. The zero-order valence-corrected chi connectivity index (χ0v) is 9.85. The van der Waals surface area contributed by atoms with Crippen molar-refractivity contribution in [2.24, 2.45) is 10.2 Å². The second-order valence-corrected chi connectivity index (χ2v) is 4.07. The molecule has 1 aromatic carbocycles. The summed E-state index contributed by atoms with van der Waals surface area (Å²) < 4.78 is 22.7. The molecule has 3 N–H and O–H groups in total. The summed E-state index contributed by atoms with van der Waals surface area (Å²) in [5.74, 6) is -0.551. The van der Waals surface area contributed by atoms with Gasteiger partial charge in [0.2, 0.25) is 0 Å². The van der Waals surface area contributed by atoms with Crippen LogP contribution in [0.3, 0.4) is 0 Å². The van der Waals surface area contributed by atoms with Crippen molar-refractivity contribution in [3.8, 4) is 0 Å². The van der Waals surface area contributed by atoms with Crippen molar-refractivity contribution in [2.45, 2.75) is 18.9 Å². The second kappa shape index (κ2) is 6.77. The lowest BCUT2D eigenvalue weighted by Gasteiger charge is -1.95.